The number of carboxylic acid groups (broad SMARTS) is 1. The summed E-state index contributed by atoms with van der Waals surface area (Å²) in [5.41, 5.74) is 1.28. The number of hydrogen-bond acceptors (Lipinski definition) is 6. The van der Waals surface area contributed by atoms with E-state index in [2.05, 4.69) is 15.6 Å². The van der Waals surface area contributed by atoms with Crippen LogP contribution < -0.4 is 10.6 Å². The molecule has 0 bridgehead atoms. The lowest BCUT2D eigenvalue weighted by atomic mass is 10.1. The number of amides is 2. The first-order chi connectivity index (χ1) is 8.08. The van der Waals surface area contributed by atoms with Gasteiger partial charge >= 0.3 is 5.97 Å². The highest BCUT2D eigenvalue weighted by atomic mass is 32.1. The maximum absolute atomic E-state index is 11.5. The van der Waals surface area contributed by atoms with Crippen molar-refractivity contribution >= 4 is 34.1 Å². The lowest BCUT2D eigenvalue weighted by Crippen LogP contribution is -2.47. The molecule has 0 radical (unpaired) electrons. The average molecular weight is 255 g/mol. The smallest absolute Gasteiger partial charge is 0.357 e. The predicted molar refractivity (Wildman–Crippen MR) is 58.9 cm³/mol. The number of nitrogens with zero attached hydrogens (tertiary/aromatic N) is 1. The van der Waals surface area contributed by atoms with E-state index in [9.17, 15) is 14.4 Å². The number of piperidine rings is 1. The number of rotatable bonds is 3. The first kappa shape index (κ1) is 11.5. The number of nitrogens with one attached hydrogen (secondary N) is 2. The van der Waals surface area contributed by atoms with Crippen molar-refractivity contribution in [2.45, 2.75) is 18.9 Å². The molecule has 3 N–H and O–H groups in total. The first-order valence-corrected chi connectivity index (χ1v) is 5.73. The Labute approximate surface area is 99.9 Å². The van der Waals surface area contributed by atoms with Gasteiger partial charge in [0.25, 0.3) is 0 Å². The van der Waals surface area contributed by atoms with Gasteiger partial charge < -0.3 is 10.4 Å². The topological polar surface area (TPSA) is 108 Å². The lowest BCUT2D eigenvalue weighted by Gasteiger charge is -2.21. The predicted octanol–water partition coefficient (Wildman–Crippen LogP) is 0.0584. The summed E-state index contributed by atoms with van der Waals surface area (Å²) in [5.74, 6) is -1.90. The van der Waals surface area contributed by atoms with Crippen LogP contribution in [0.5, 0.6) is 0 Å². The molecule has 0 spiro atoms. The molecule has 1 aliphatic heterocycles. The Bertz CT molecular complexity index is 484. The van der Waals surface area contributed by atoms with Gasteiger partial charge in [0, 0.05) is 6.42 Å². The van der Waals surface area contributed by atoms with Crippen molar-refractivity contribution in [1.29, 1.82) is 0 Å². The SMILES string of the molecule is O=C1CCC(Nc2scnc2C(=O)O)C(=O)N1. The van der Waals surface area contributed by atoms with Gasteiger partial charge in [0.2, 0.25) is 11.8 Å². The average Bonchev–Trinajstić information content (AvgIpc) is 2.70. The number of carbonyl (C=O) groups excluding carboxylic acids is 2. The van der Waals surface area contributed by atoms with E-state index in [1.807, 2.05) is 0 Å². The molecule has 90 valence electrons. The minimum Gasteiger partial charge on any atom is -0.476 e. The highest BCUT2D eigenvalue weighted by Crippen LogP contribution is 2.22. The second-order valence-corrected chi connectivity index (χ2v) is 4.34. The summed E-state index contributed by atoms with van der Waals surface area (Å²) in [4.78, 5) is 36.9. The number of thiazole rings is 1. The second kappa shape index (κ2) is 4.50. The molecular weight excluding hydrogens is 246 g/mol. The van der Waals surface area contributed by atoms with Gasteiger partial charge in [0.1, 0.15) is 11.0 Å². The van der Waals surface area contributed by atoms with Crippen LogP contribution in [0.2, 0.25) is 0 Å². The first-order valence-electron chi connectivity index (χ1n) is 4.85. The van der Waals surface area contributed by atoms with E-state index in [1.54, 1.807) is 0 Å². The van der Waals surface area contributed by atoms with Gasteiger partial charge in [0.05, 0.1) is 5.51 Å². The summed E-state index contributed by atoms with van der Waals surface area (Å²) in [6.07, 6.45) is 0.590. The third kappa shape index (κ3) is 2.41. The fourth-order valence-electron chi connectivity index (χ4n) is 1.49. The molecule has 2 heterocycles. The van der Waals surface area contributed by atoms with Crippen LogP contribution in [0.15, 0.2) is 5.51 Å². The molecule has 1 aliphatic rings. The number of carbonyl (C=O) groups is 3. The van der Waals surface area contributed by atoms with Crippen molar-refractivity contribution in [2.75, 3.05) is 5.32 Å². The standard InChI is InChI=1S/C9H9N3O4S/c13-5-2-1-4(7(14)12-5)11-8-6(9(15)16)10-3-17-8/h3-4,11H,1-2H2,(H,15,16)(H,12,13,14). The Balaban J connectivity index is 2.10. The Kier molecular flexibility index (Phi) is 3.05. The minimum absolute atomic E-state index is 0.111. The highest BCUT2D eigenvalue weighted by Gasteiger charge is 2.28. The third-order valence-corrected chi connectivity index (χ3v) is 3.07. The quantitative estimate of drug-likeness (QED) is 0.659. The number of imide groups is 1. The van der Waals surface area contributed by atoms with Crippen molar-refractivity contribution in [1.82, 2.24) is 10.3 Å². The van der Waals surface area contributed by atoms with Gasteiger partial charge in [-0.15, -0.1) is 11.3 Å². The van der Waals surface area contributed by atoms with Crippen molar-refractivity contribution in [3.8, 4) is 0 Å². The molecule has 1 saturated heterocycles. The van der Waals surface area contributed by atoms with Gasteiger partial charge in [-0.2, -0.15) is 0 Å². The highest BCUT2D eigenvalue weighted by molar-refractivity contribution is 7.14. The number of hydrogen-bond donors (Lipinski definition) is 3. The van der Waals surface area contributed by atoms with E-state index in [0.29, 0.717) is 11.4 Å². The normalized spacial score (nSPS) is 19.9. The van der Waals surface area contributed by atoms with Gasteiger partial charge in [-0.05, 0) is 6.42 Å². The second-order valence-electron chi connectivity index (χ2n) is 3.48. The van der Waals surface area contributed by atoms with E-state index in [1.165, 1.54) is 5.51 Å². The summed E-state index contributed by atoms with van der Waals surface area (Å²) < 4.78 is 0. The molecule has 1 aromatic rings. The monoisotopic (exact) mass is 255 g/mol. The number of aromatic nitrogens is 1. The molecule has 2 amide bonds. The van der Waals surface area contributed by atoms with Crippen LogP contribution in [-0.4, -0.2) is 33.9 Å². The minimum atomic E-state index is -1.15. The summed E-state index contributed by atoms with van der Waals surface area (Å²) in [6, 6.07) is -0.591. The van der Waals surface area contributed by atoms with Gasteiger partial charge in [0.15, 0.2) is 5.69 Å². The van der Waals surface area contributed by atoms with E-state index in [0.717, 1.165) is 11.3 Å². The van der Waals surface area contributed by atoms with Crippen LogP contribution >= 0.6 is 11.3 Å². The number of aromatic carboxylic acids is 1. The molecule has 1 aromatic heterocycles. The van der Waals surface area contributed by atoms with Crippen molar-refractivity contribution in [3.63, 3.8) is 0 Å². The maximum Gasteiger partial charge on any atom is 0.357 e. The molecule has 0 aromatic carbocycles. The molecule has 1 atom stereocenters. The van der Waals surface area contributed by atoms with Crippen LogP contribution in [0, 0.1) is 0 Å². The molecule has 1 fully saturated rings. The Hall–Kier alpha value is -1.96. The number of carboxylic acids is 1. The molecule has 7 nitrogen and oxygen atoms in total. The van der Waals surface area contributed by atoms with Crippen molar-refractivity contribution < 1.29 is 19.5 Å². The molecule has 1 unspecified atom stereocenters. The number of anilines is 1. The van der Waals surface area contributed by atoms with Crippen molar-refractivity contribution in [2.24, 2.45) is 0 Å². The summed E-state index contributed by atoms with van der Waals surface area (Å²) in [7, 11) is 0. The molecule has 0 saturated carbocycles. The van der Waals surface area contributed by atoms with Crippen LogP contribution in [0.1, 0.15) is 23.3 Å². The Morgan fingerprint density at radius 1 is 1.59 bits per heavy atom. The van der Waals surface area contributed by atoms with Gasteiger partial charge in [-0.25, -0.2) is 9.78 Å². The van der Waals surface area contributed by atoms with E-state index >= 15 is 0 Å². The fourth-order valence-corrected chi connectivity index (χ4v) is 2.22. The van der Waals surface area contributed by atoms with Crippen LogP contribution in [0.3, 0.4) is 0 Å². The molecular formula is C9H9N3O4S. The van der Waals surface area contributed by atoms with Crippen molar-refractivity contribution in [3.05, 3.63) is 11.2 Å². The van der Waals surface area contributed by atoms with Crippen LogP contribution in [-0.2, 0) is 9.59 Å². The maximum atomic E-state index is 11.5. The van der Waals surface area contributed by atoms with Gasteiger partial charge in [-0.3, -0.25) is 14.9 Å². The Morgan fingerprint density at radius 3 is 3.00 bits per heavy atom. The summed E-state index contributed by atoms with van der Waals surface area (Å²) in [5, 5.41) is 14.1. The Morgan fingerprint density at radius 2 is 2.35 bits per heavy atom. The summed E-state index contributed by atoms with van der Waals surface area (Å²) in [6.45, 7) is 0. The van der Waals surface area contributed by atoms with E-state index < -0.39 is 17.9 Å². The zero-order chi connectivity index (χ0) is 12.4. The molecule has 17 heavy (non-hydrogen) atoms. The van der Waals surface area contributed by atoms with Crippen LogP contribution in [0.25, 0.3) is 0 Å². The van der Waals surface area contributed by atoms with Gasteiger partial charge in [-0.1, -0.05) is 0 Å². The zero-order valence-electron chi connectivity index (χ0n) is 8.60. The lowest BCUT2D eigenvalue weighted by molar-refractivity contribution is -0.133. The fraction of sp³-hybridized carbons (Fsp3) is 0.333. The summed E-state index contributed by atoms with van der Waals surface area (Å²) >= 11 is 1.11. The molecule has 0 aliphatic carbocycles. The third-order valence-electron chi connectivity index (χ3n) is 2.31. The van der Waals surface area contributed by atoms with E-state index in [-0.39, 0.29) is 18.0 Å². The molecule has 2 rings (SSSR count). The van der Waals surface area contributed by atoms with E-state index in [4.69, 9.17) is 5.11 Å². The largest absolute Gasteiger partial charge is 0.476 e. The van der Waals surface area contributed by atoms with Crippen LogP contribution in [0.4, 0.5) is 5.00 Å². The molecule has 8 heteroatoms. The zero-order valence-corrected chi connectivity index (χ0v) is 9.41.